The van der Waals surface area contributed by atoms with Gasteiger partial charge in [0.1, 0.15) is 0 Å². The van der Waals surface area contributed by atoms with Crippen molar-refractivity contribution in [1.82, 2.24) is 4.90 Å². The number of carbonyl (C=O) groups is 1. The van der Waals surface area contributed by atoms with Crippen LogP contribution in [0.1, 0.15) is 18.9 Å². The van der Waals surface area contributed by atoms with Gasteiger partial charge in [-0.1, -0.05) is 55.5 Å². The number of alkyl halides is 3. The molecule has 0 aromatic heterocycles. The van der Waals surface area contributed by atoms with Gasteiger partial charge in [0.15, 0.2) is 0 Å². The van der Waals surface area contributed by atoms with Gasteiger partial charge in [-0.15, -0.1) is 0 Å². The van der Waals surface area contributed by atoms with E-state index in [9.17, 15) is 18.0 Å². The molecule has 0 bridgehead atoms. The van der Waals surface area contributed by atoms with Crippen molar-refractivity contribution in [2.45, 2.75) is 32.0 Å². The second kappa shape index (κ2) is 8.78. The smallest absolute Gasteiger partial charge is 0.303 e. The van der Waals surface area contributed by atoms with Gasteiger partial charge in [-0.25, -0.2) is 0 Å². The normalized spacial score (nSPS) is 20.7. The Hall–Kier alpha value is -2.34. The summed E-state index contributed by atoms with van der Waals surface area (Å²) in [5, 5.41) is 0. The molecule has 6 heteroatoms. The number of para-hydroxylation sites is 1. The van der Waals surface area contributed by atoms with E-state index in [-0.39, 0.29) is 5.92 Å². The molecule has 1 aliphatic heterocycles. The van der Waals surface area contributed by atoms with E-state index in [1.54, 1.807) is 30.3 Å². The van der Waals surface area contributed by atoms with Gasteiger partial charge in [-0.3, -0.25) is 4.79 Å². The van der Waals surface area contributed by atoms with Gasteiger partial charge < -0.3 is 9.80 Å². The highest BCUT2D eigenvalue weighted by Gasteiger charge is 2.47. The summed E-state index contributed by atoms with van der Waals surface area (Å²) in [6.45, 7) is 4.14. The van der Waals surface area contributed by atoms with Gasteiger partial charge in [0.2, 0.25) is 0 Å². The molecule has 150 valence electrons. The van der Waals surface area contributed by atoms with E-state index in [0.29, 0.717) is 25.2 Å². The Morgan fingerprint density at radius 2 is 1.68 bits per heavy atom. The lowest BCUT2D eigenvalue weighted by atomic mass is 9.91. The summed E-state index contributed by atoms with van der Waals surface area (Å²) < 4.78 is 39.8. The number of rotatable bonds is 5. The summed E-state index contributed by atoms with van der Waals surface area (Å²) in [7, 11) is 0. The maximum absolute atomic E-state index is 13.3. The van der Waals surface area contributed by atoms with Crippen molar-refractivity contribution in [1.29, 1.82) is 0 Å². The molecule has 3 nitrogen and oxygen atoms in total. The molecule has 1 fully saturated rings. The first kappa shape index (κ1) is 20.4. The Morgan fingerprint density at radius 1 is 1.07 bits per heavy atom. The minimum Gasteiger partial charge on any atom is -0.303 e. The Balaban J connectivity index is 1.70. The Bertz CT molecular complexity index is 764. The number of benzene rings is 2. The number of likely N-dealkylation sites (tertiary alicyclic amines) is 1. The van der Waals surface area contributed by atoms with Crippen LogP contribution in [-0.4, -0.2) is 42.7 Å². The van der Waals surface area contributed by atoms with Crippen molar-refractivity contribution in [3.63, 3.8) is 0 Å². The zero-order chi connectivity index (χ0) is 20.1. The van der Waals surface area contributed by atoms with Crippen LogP contribution >= 0.6 is 0 Å². The highest BCUT2D eigenvalue weighted by atomic mass is 19.4. The SMILES string of the molecule is C[C@@H]1CN(CCc2ccccc2)CC[C@@H]1N(C(=O)C(F)(F)F)c1ccccc1. The van der Waals surface area contributed by atoms with Crippen molar-refractivity contribution in [2.24, 2.45) is 5.92 Å². The van der Waals surface area contributed by atoms with Crippen molar-refractivity contribution < 1.29 is 18.0 Å². The second-order valence-corrected chi connectivity index (χ2v) is 7.38. The van der Waals surface area contributed by atoms with Gasteiger partial charge in [-0.05, 0) is 36.5 Å². The van der Waals surface area contributed by atoms with Crippen LogP contribution in [0.25, 0.3) is 0 Å². The van der Waals surface area contributed by atoms with E-state index >= 15 is 0 Å². The van der Waals surface area contributed by atoms with Gasteiger partial charge in [0, 0.05) is 31.4 Å². The van der Waals surface area contributed by atoms with E-state index in [1.807, 2.05) is 25.1 Å². The molecule has 2 aromatic carbocycles. The number of anilines is 1. The molecule has 0 N–H and O–H groups in total. The average molecular weight is 390 g/mol. The molecule has 2 aromatic rings. The molecule has 2 atom stereocenters. The minimum absolute atomic E-state index is 0.0592. The van der Waals surface area contributed by atoms with E-state index < -0.39 is 18.1 Å². The van der Waals surface area contributed by atoms with Gasteiger partial charge in [0.05, 0.1) is 0 Å². The van der Waals surface area contributed by atoms with E-state index in [1.165, 1.54) is 5.56 Å². The molecule has 3 rings (SSSR count). The van der Waals surface area contributed by atoms with Gasteiger partial charge in [0.25, 0.3) is 0 Å². The van der Waals surface area contributed by atoms with Gasteiger partial charge >= 0.3 is 12.1 Å². The lowest BCUT2D eigenvalue weighted by Crippen LogP contribution is -2.55. The van der Waals surface area contributed by atoms with Crippen LogP contribution in [0, 0.1) is 5.92 Å². The number of halogens is 3. The van der Waals surface area contributed by atoms with Crippen LogP contribution in [0.3, 0.4) is 0 Å². The van der Waals surface area contributed by atoms with Crippen molar-refractivity contribution in [3.05, 3.63) is 66.2 Å². The largest absolute Gasteiger partial charge is 0.471 e. The average Bonchev–Trinajstić information content (AvgIpc) is 2.69. The van der Waals surface area contributed by atoms with Crippen LogP contribution < -0.4 is 4.90 Å². The van der Waals surface area contributed by atoms with Crippen LogP contribution in [0.5, 0.6) is 0 Å². The zero-order valence-electron chi connectivity index (χ0n) is 15.9. The lowest BCUT2D eigenvalue weighted by Gasteiger charge is -2.43. The van der Waals surface area contributed by atoms with E-state index in [0.717, 1.165) is 17.9 Å². The fourth-order valence-electron chi connectivity index (χ4n) is 3.92. The third-order valence-corrected chi connectivity index (χ3v) is 5.33. The lowest BCUT2D eigenvalue weighted by molar-refractivity contribution is -0.171. The highest BCUT2D eigenvalue weighted by Crippen LogP contribution is 2.31. The number of amides is 1. The van der Waals surface area contributed by atoms with Crippen molar-refractivity contribution in [3.8, 4) is 0 Å². The Kier molecular flexibility index (Phi) is 6.39. The molecule has 0 saturated carbocycles. The topological polar surface area (TPSA) is 23.6 Å². The summed E-state index contributed by atoms with van der Waals surface area (Å²) >= 11 is 0. The summed E-state index contributed by atoms with van der Waals surface area (Å²) in [5.41, 5.74) is 1.55. The molecule has 0 spiro atoms. The first-order valence-corrected chi connectivity index (χ1v) is 9.58. The molecular formula is C22H25F3N2O. The third-order valence-electron chi connectivity index (χ3n) is 5.33. The molecule has 0 unspecified atom stereocenters. The second-order valence-electron chi connectivity index (χ2n) is 7.38. The zero-order valence-corrected chi connectivity index (χ0v) is 15.9. The number of nitrogens with zero attached hydrogens (tertiary/aromatic N) is 2. The number of hydrogen-bond acceptors (Lipinski definition) is 2. The van der Waals surface area contributed by atoms with Crippen LogP contribution in [0.2, 0.25) is 0 Å². The maximum atomic E-state index is 13.3. The highest BCUT2D eigenvalue weighted by molar-refractivity contribution is 5.97. The predicted molar refractivity (Wildman–Crippen MR) is 104 cm³/mol. The summed E-state index contributed by atoms with van der Waals surface area (Å²) in [5.74, 6) is -1.84. The van der Waals surface area contributed by atoms with Crippen LogP contribution in [0.15, 0.2) is 60.7 Å². The molecule has 0 aliphatic carbocycles. The van der Waals surface area contributed by atoms with E-state index in [2.05, 4.69) is 17.0 Å². The summed E-state index contributed by atoms with van der Waals surface area (Å²) in [4.78, 5) is 15.4. The number of piperidine rings is 1. The first-order chi connectivity index (χ1) is 13.4. The van der Waals surface area contributed by atoms with Crippen molar-refractivity contribution >= 4 is 11.6 Å². The minimum atomic E-state index is -4.89. The summed E-state index contributed by atoms with van der Waals surface area (Å²) in [6.07, 6.45) is -3.46. The standard InChI is InChI=1S/C22H25F3N2O/c1-17-16-26(14-12-18-8-4-2-5-9-18)15-13-20(17)27(21(28)22(23,24)25)19-10-6-3-7-11-19/h2-11,17,20H,12-16H2,1H3/t17-,20+/m1/s1. The third kappa shape index (κ3) is 4.93. The number of hydrogen-bond donors (Lipinski definition) is 0. The molecule has 28 heavy (non-hydrogen) atoms. The monoisotopic (exact) mass is 390 g/mol. The molecule has 0 radical (unpaired) electrons. The van der Waals surface area contributed by atoms with E-state index in [4.69, 9.17) is 0 Å². The maximum Gasteiger partial charge on any atom is 0.471 e. The molecule has 1 amide bonds. The molecule has 1 saturated heterocycles. The molecule has 1 heterocycles. The fraction of sp³-hybridized carbons (Fsp3) is 0.409. The molecule has 1 aliphatic rings. The Labute approximate surface area is 163 Å². The quantitative estimate of drug-likeness (QED) is 0.749. The van der Waals surface area contributed by atoms with Crippen LogP contribution in [0.4, 0.5) is 18.9 Å². The number of carbonyl (C=O) groups excluding carboxylic acids is 1. The molecular weight excluding hydrogens is 365 g/mol. The van der Waals surface area contributed by atoms with Gasteiger partial charge in [-0.2, -0.15) is 13.2 Å². The summed E-state index contributed by atoms with van der Waals surface area (Å²) in [6, 6.07) is 17.9. The van der Waals surface area contributed by atoms with Crippen molar-refractivity contribution in [2.75, 3.05) is 24.5 Å². The Morgan fingerprint density at radius 3 is 2.25 bits per heavy atom. The first-order valence-electron chi connectivity index (χ1n) is 9.58. The predicted octanol–water partition coefficient (Wildman–Crippen LogP) is 4.54. The fourth-order valence-corrected chi connectivity index (χ4v) is 3.92. The van der Waals surface area contributed by atoms with Crippen LogP contribution in [-0.2, 0) is 11.2 Å².